The number of hydrogen-bond donors (Lipinski definition) is 0. The first-order chi connectivity index (χ1) is 6.68. The molecule has 0 aromatic carbocycles. The lowest BCUT2D eigenvalue weighted by molar-refractivity contribution is 0.219. The van der Waals surface area contributed by atoms with E-state index in [1.54, 1.807) is 0 Å². The largest absolute Gasteiger partial charge is 0.353 e. The van der Waals surface area contributed by atoms with Gasteiger partial charge in [-0.3, -0.25) is 4.57 Å². The van der Waals surface area contributed by atoms with Crippen LogP contribution in [0.25, 0.3) is 0 Å². The van der Waals surface area contributed by atoms with Crippen LogP contribution in [-0.4, -0.2) is 13.2 Å². The van der Waals surface area contributed by atoms with Crippen molar-refractivity contribution in [1.82, 2.24) is 0 Å². The van der Waals surface area contributed by atoms with Gasteiger partial charge < -0.3 is 9.05 Å². The molecular weight excluding hydrogens is 199 g/mol. The van der Waals surface area contributed by atoms with E-state index in [9.17, 15) is 4.57 Å². The molecule has 0 fully saturated rings. The van der Waals surface area contributed by atoms with E-state index in [0.29, 0.717) is 12.8 Å². The summed E-state index contributed by atoms with van der Waals surface area (Å²) >= 11 is 0. The summed E-state index contributed by atoms with van der Waals surface area (Å²) in [4.78, 5) is 0. The molecule has 0 N–H and O–H groups in total. The minimum absolute atomic E-state index is 0.190. The van der Waals surface area contributed by atoms with Crippen LogP contribution in [0.1, 0.15) is 12.8 Å². The van der Waals surface area contributed by atoms with Crippen LogP contribution < -0.4 is 0 Å². The van der Waals surface area contributed by atoms with Crippen molar-refractivity contribution in [2.45, 2.75) is 12.8 Å². The lowest BCUT2D eigenvalue weighted by Crippen LogP contribution is -1.96. The lowest BCUT2D eigenvalue weighted by atomic mass is 10.5. The van der Waals surface area contributed by atoms with Gasteiger partial charge in [-0.25, -0.2) is 0 Å². The van der Waals surface area contributed by atoms with Gasteiger partial charge in [-0.2, -0.15) is 0 Å². The first-order valence-corrected chi connectivity index (χ1v) is 5.69. The molecule has 0 aromatic rings. The molecule has 0 saturated carbocycles. The first-order valence-electron chi connectivity index (χ1n) is 4.08. The average molecular weight is 212 g/mol. The number of hydrogen-bond acceptors (Lipinski definition) is 3. The highest BCUT2D eigenvalue weighted by molar-refractivity contribution is 7.57. The van der Waals surface area contributed by atoms with Crippen LogP contribution in [-0.2, 0) is 13.6 Å². The van der Waals surface area contributed by atoms with Crippen molar-refractivity contribution in [3.8, 4) is 24.7 Å². The van der Waals surface area contributed by atoms with Gasteiger partial charge in [0.1, 0.15) is 0 Å². The van der Waals surface area contributed by atoms with E-state index >= 15 is 0 Å². The van der Waals surface area contributed by atoms with Crippen molar-refractivity contribution >= 4 is 7.60 Å². The van der Waals surface area contributed by atoms with E-state index in [4.69, 9.17) is 21.9 Å². The van der Waals surface area contributed by atoms with Crippen molar-refractivity contribution in [2.24, 2.45) is 0 Å². The Bertz CT molecular complexity index is 271. The number of rotatable bonds is 7. The zero-order valence-electron chi connectivity index (χ0n) is 7.94. The third-order valence-electron chi connectivity index (χ3n) is 1.26. The summed E-state index contributed by atoms with van der Waals surface area (Å²) in [6.07, 6.45) is 10.8. The molecule has 3 nitrogen and oxygen atoms in total. The fourth-order valence-electron chi connectivity index (χ4n) is 0.606. The second kappa shape index (κ2) is 7.42. The predicted molar refractivity (Wildman–Crippen MR) is 56.6 cm³/mol. The summed E-state index contributed by atoms with van der Waals surface area (Å²) < 4.78 is 21.6. The molecule has 0 aliphatic rings. The zero-order chi connectivity index (χ0) is 10.9. The Morgan fingerprint density at radius 3 is 1.93 bits per heavy atom. The Balaban J connectivity index is 3.95. The van der Waals surface area contributed by atoms with Crippen LogP contribution in [0.15, 0.2) is 12.4 Å². The summed E-state index contributed by atoms with van der Waals surface area (Å²) in [6, 6.07) is 0. The van der Waals surface area contributed by atoms with Gasteiger partial charge in [0.05, 0.1) is 13.2 Å². The Morgan fingerprint density at radius 2 is 1.64 bits per heavy atom. The summed E-state index contributed by atoms with van der Waals surface area (Å²) in [7, 11) is -3.19. The SMILES string of the molecule is C#CCCOP(=O)(C=C)OCCC#C. The van der Waals surface area contributed by atoms with Gasteiger partial charge in [-0.05, 0) is 0 Å². The van der Waals surface area contributed by atoms with E-state index < -0.39 is 7.60 Å². The van der Waals surface area contributed by atoms with Gasteiger partial charge in [0, 0.05) is 18.7 Å². The molecule has 0 atom stereocenters. The van der Waals surface area contributed by atoms with E-state index in [1.165, 1.54) is 0 Å². The molecule has 4 heteroatoms. The van der Waals surface area contributed by atoms with Gasteiger partial charge in [0.15, 0.2) is 0 Å². The van der Waals surface area contributed by atoms with Crippen LogP contribution >= 0.6 is 7.60 Å². The van der Waals surface area contributed by atoms with Crippen molar-refractivity contribution in [3.05, 3.63) is 12.4 Å². The third kappa shape index (κ3) is 5.62. The molecule has 0 saturated heterocycles. The highest BCUT2D eigenvalue weighted by Gasteiger charge is 2.18. The van der Waals surface area contributed by atoms with E-state index in [-0.39, 0.29) is 13.2 Å². The maximum Gasteiger partial charge on any atom is 0.353 e. The van der Waals surface area contributed by atoms with Crippen LogP contribution in [0, 0.1) is 24.7 Å². The Morgan fingerprint density at radius 1 is 1.21 bits per heavy atom. The topological polar surface area (TPSA) is 35.5 Å². The molecule has 0 aliphatic carbocycles. The molecule has 0 spiro atoms. The highest BCUT2D eigenvalue weighted by atomic mass is 31.2. The maximum absolute atomic E-state index is 11.6. The summed E-state index contributed by atoms with van der Waals surface area (Å²) in [5.74, 6) is 5.88. The molecule has 0 aliphatic heterocycles. The Hall–Kier alpha value is -0.990. The Kier molecular flexibility index (Phi) is 6.89. The molecule has 0 unspecified atom stereocenters. The normalized spacial score (nSPS) is 10.1. The third-order valence-corrected chi connectivity index (χ3v) is 2.79. The molecule has 0 bridgehead atoms. The van der Waals surface area contributed by atoms with Gasteiger partial charge in [-0.15, -0.1) is 24.7 Å². The molecular formula is C10H13O3P. The standard InChI is InChI=1S/C10H13O3P/c1-4-7-9-12-14(11,6-3)13-10-8-5-2/h1-2,6H,3,7-10H2. The minimum atomic E-state index is -3.19. The quantitative estimate of drug-likeness (QED) is 0.369. The molecule has 76 valence electrons. The van der Waals surface area contributed by atoms with Crippen LogP contribution in [0.4, 0.5) is 0 Å². The van der Waals surface area contributed by atoms with Crippen molar-refractivity contribution in [2.75, 3.05) is 13.2 Å². The molecule has 0 radical (unpaired) electrons. The lowest BCUT2D eigenvalue weighted by Gasteiger charge is -2.12. The van der Waals surface area contributed by atoms with Crippen molar-refractivity contribution < 1.29 is 13.6 Å². The van der Waals surface area contributed by atoms with Gasteiger partial charge in [0.2, 0.25) is 0 Å². The minimum Gasteiger partial charge on any atom is -0.305 e. The van der Waals surface area contributed by atoms with E-state index in [2.05, 4.69) is 18.4 Å². The van der Waals surface area contributed by atoms with Gasteiger partial charge in [0.25, 0.3) is 0 Å². The fourth-order valence-corrected chi connectivity index (χ4v) is 1.58. The average Bonchev–Trinajstić information content (AvgIpc) is 2.19. The smallest absolute Gasteiger partial charge is 0.305 e. The van der Waals surface area contributed by atoms with E-state index in [0.717, 1.165) is 5.82 Å². The molecule has 0 aromatic heterocycles. The summed E-state index contributed by atoms with van der Waals surface area (Å²) in [6.45, 7) is 3.75. The molecule has 0 rings (SSSR count). The summed E-state index contributed by atoms with van der Waals surface area (Å²) in [5.41, 5.74) is 0. The van der Waals surface area contributed by atoms with Gasteiger partial charge >= 0.3 is 7.60 Å². The predicted octanol–water partition coefficient (Wildman–Crippen LogP) is 2.40. The van der Waals surface area contributed by atoms with Crippen LogP contribution in [0.5, 0.6) is 0 Å². The van der Waals surface area contributed by atoms with E-state index in [1.807, 2.05) is 0 Å². The zero-order valence-corrected chi connectivity index (χ0v) is 8.83. The Labute approximate surface area is 85.0 Å². The fraction of sp³-hybridized carbons (Fsp3) is 0.400. The van der Waals surface area contributed by atoms with Crippen molar-refractivity contribution in [3.63, 3.8) is 0 Å². The number of terminal acetylenes is 2. The van der Waals surface area contributed by atoms with Crippen LogP contribution in [0.2, 0.25) is 0 Å². The summed E-state index contributed by atoms with van der Waals surface area (Å²) in [5, 5.41) is 0. The highest BCUT2D eigenvalue weighted by Crippen LogP contribution is 2.49. The molecule has 0 heterocycles. The van der Waals surface area contributed by atoms with Gasteiger partial charge in [-0.1, -0.05) is 6.58 Å². The van der Waals surface area contributed by atoms with Crippen molar-refractivity contribution in [1.29, 1.82) is 0 Å². The monoisotopic (exact) mass is 212 g/mol. The molecule has 0 amide bonds. The second-order valence-electron chi connectivity index (χ2n) is 2.30. The molecule has 14 heavy (non-hydrogen) atoms. The maximum atomic E-state index is 11.6. The van der Waals surface area contributed by atoms with Crippen LogP contribution in [0.3, 0.4) is 0 Å². The first kappa shape index (κ1) is 13.0. The second-order valence-corrected chi connectivity index (χ2v) is 4.26.